The van der Waals surface area contributed by atoms with Gasteiger partial charge in [0.1, 0.15) is 17.2 Å². The predicted octanol–water partition coefficient (Wildman–Crippen LogP) is 5.53. The molecule has 1 saturated heterocycles. The van der Waals surface area contributed by atoms with Crippen LogP contribution in [-0.4, -0.2) is 30.6 Å². The maximum atomic E-state index is 12.4. The largest absolute Gasteiger partial charge is 0.573 e. The topological polar surface area (TPSA) is 81.7 Å². The van der Waals surface area contributed by atoms with Crippen molar-refractivity contribution in [3.8, 4) is 17.4 Å². The van der Waals surface area contributed by atoms with E-state index < -0.39 is 12.4 Å². The van der Waals surface area contributed by atoms with Gasteiger partial charge >= 0.3 is 12.4 Å². The molecule has 32 heavy (non-hydrogen) atoms. The normalized spacial score (nSPS) is 13.7. The molecule has 0 bridgehead atoms. The lowest BCUT2D eigenvalue weighted by Crippen LogP contribution is -2.24. The number of alkyl halides is 3. The smallest absolute Gasteiger partial charge is 0.437 e. The Balaban J connectivity index is 1.40. The van der Waals surface area contributed by atoms with Gasteiger partial charge < -0.3 is 24.8 Å². The summed E-state index contributed by atoms with van der Waals surface area (Å²) in [6, 6.07) is 15.0. The van der Waals surface area contributed by atoms with Gasteiger partial charge in [0.2, 0.25) is 5.88 Å². The van der Waals surface area contributed by atoms with E-state index in [0.717, 1.165) is 17.7 Å². The lowest BCUT2D eigenvalue weighted by molar-refractivity contribution is -0.274. The number of benzene rings is 2. The molecule has 1 aliphatic heterocycles. The molecule has 0 unspecified atom stereocenters. The standard InChI is InChI=1S/C22H18F3N3O4/c23-22(24,25)32-17-8-6-16(7-9-17)27-21(29)28-19-5-2-10-26-20(19)31-18-4-1-3-14(11-18)15-12-30-13-15/h1-11,15H,12-13H2,(H2,27,28,29). The number of nitrogens with one attached hydrogen (secondary N) is 2. The number of ether oxygens (including phenoxy) is 3. The van der Waals surface area contributed by atoms with E-state index in [4.69, 9.17) is 9.47 Å². The molecule has 1 fully saturated rings. The van der Waals surface area contributed by atoms with Gasteiger partial charge in [-0.3, -0.25) is 0 Å². The zero-order valence-corrected chi connectivity index (χ0v) is 16.6. The fourth-order valence-corrected chi connectivity index (χ4v) is 2.96. The highest BCUT2D eigenvalue weighted by Gasteiger charge is 2.31. The zero-order valence-electron chi connectivity index (χ0n) is 16.6. The van der Waals surface area contributed by atoms with Crippen molar-refractivity contribution in [2.75, 3.05) is 23.8 Å². The number of urea groups is 1. The number of pyridine rings is 1. The van der Waals surface area contributed by atoms with Gasteiger partial charge in [0.25, 0.3) is 0 Å². The number of rotatable bonds is 6. The number of amides is 2. The van der Waals surface area contributed by atoms with E-state index in [2.05, 4.69) is 20.4 Å². The maximum absolute atomic E-state index is 12.4. The Hall–Kier alpha value is -3.79. The Bertz CT molecular complexity index is 1090. The van der Waals surface area contributed by atoms with Crippen LogP contribution < -0.4 is 20.1 Å². The monoisotopic (exact) mass is 445 g/mol. The minimum absolute atomic E-state index is 0.193. The van der Waals surface area contributed by atoms with Crippen molar-refractivity contribution in [1.29, 1.82) is 0 Å². The summed E-state index contributed by atoms with van der Waals surface area (Å²) in [7, 11) is 0. The first-order chi connectivity index (χ1) is 15.4. The Kier molecular flexibility index (Phi) is 6.13. The summed E-state index contributed by atoms with van der Waals surface area (Å²) in [5.41, 5.74) is 1.69. The second-order valence-corrected chi connectivity index (χ2v) is 6.92. The van der Waals surface area contributed by atoms with Crippen molar-refractivity contribution in [2.24, 2.45) is 0 Å². The molecule has 1 aliphatic rings. The van der Waals surface area contributed by atoms with Crippen LogP contribution in [0.25, 0.3) is 0 Å². The van der Waals surface area contributed by atoms with Crippen molar-refractivity contribution in [1.82, 2.24) is 4.98 Å². The number of nitrogens with zero attached hydrogens (tertiary/aromatic N) is 1. The molecule has 0 aliphatic carbocycles. The molecule has 2 aromatic carbocycles. The van der Waals surface area contributed by atoms with E-state index >= 15 is 0 Å². The van der Waals surface area contributed by atoms with Gasteiger partial charge in [-0.1, -0.05) is 12.1 Å². The first kappa shape index (κ1) is 21.4. The second kappa shape index (κ2) is 9.15. The van der Waals surface area contributed by atoms with E-state index in [1.807, 2.05) is 18.2 Å². The van der Waals surface area contributed by atoms with Crippen molar-refractivity contribution in [3.05, 3.63) is 72.4 Å². The molecular formula is C22H18F3N3O4. The van der Waals surface area contributed by atoms with Crippen LogP contribution in [0.2, 0.25) is 0 Å². The Morgan fingerprint density at radius 2 is 1.78 bits per heavy atom. The predicted molar refractivity (Wildman–Crippen MR) is 110 cm³/mol. The molecule has 0 radical (unpaired) electrons. The number of halogens is 3. The lowest BCUT2D eigenvalue weighted by atomic mass is 9.98. The number of hydrogen-bond donors (Lipinski definition) is 2. The van der Waals surface area contributed by atoms with Gasteiger partial charge in [-0.15, -0.1) is 13.2 Å². The fraction of sp³-hybridized carbons (Fsp3) is 0.182. The van der Waals surface area contributed by atoms with Crippen LogP contribution in [0.3, 0.4) is 0 Å². The van der Waals surface area contributed by atoms with Gasteiger partial charge in [0, 0.05) is 17.8 Å². The van der Waals surface area contributed by atoms with Gasteiger partial charge in [0.05, 0.1) is 13.2 Å². The molecule has 0 spiro atoms. The molecular weight excluding hydrogens is 427 g/mol. The summed E-state index contributed by atoms with van der Waals surface area (Å²) < 4.78 is 51.6. The van der Waals surface area contributed by atoms with Gasteiger partial charge in [-0.05, 0) is 54.1 Å². The number of carbonyl (C=O) groups excluding carboxylic acids is 1. The lowest BCUT2D eigenvalue weighted by Gasteiger charge is -2.26. The van der Waals surface area contributed by atoms with Gasteiger partial charge in [0.15, 0.2) is 0 Å². The molecule has 4 rings (SSSR count). The van der Waals surface area contributed by atoms with Crippen molar-refractivity contribution >= 4 is 17.4 Å². The average Bonchev–Trinajstić information content (AvgIpc) is 2.69. The van der Waals surface area contributed by atoms with Crippen LogP contribution in [0.5, 0.6) is 17.4 Å². The van der Waals surface area contributed by atoms with E-state index in [0.29, 0.717) is 30.6 Å². The van der Waals surface area contributed by atoms with Crippen LogP contribution in [0.4, 0.5) is 29.3 Å². The average molecular weight is 445 g/mol. The summed E-state index contributed by atoms with van der Waals surface area (Å²) in [6.07, 6.45) is -3.25. The molecule has 166 valence electrons. The van der Waals surface area contributed by atoms with Gasteiger partial charge in [-0.25, -0.2) is 9.78 Å². The quantitative estimate of drug-likeness (QED) is 0.521. The molecule has 0 saturated carbocycles. The maximum Gasteiger partial charge on any atom is 0.573 e. The van der Waals surface area contributed by atoms with Crippen molar-refractivity contribution < 1.29 is 32.2 Å². The molecule has 2 heterocycles. The number of aromatic nitrogens is 1. The highest BCUT2D eigenvalue weighted by molar-refractivity contribution is 6.00. The van der Waals surface area contributed by atoms with Crippen LogP contribution in [0, 0.1) is 0 Å². The Morgan fingerprint density at radius 1 is 1.00 bits per heavy atom. The van der Waals surface area contributed by atoms with Crippen molar-refractivity contribution in [3.63, 3.8) is 0 Å². The molecule has 3 aromatic rings. The van der Waals surface area contributed by atoms with E-state index in [9.17, 15) is 18.0 Å². The first-order valence-corrected chi connectivity index (χ1v) is 9.60. The molecule has 10 heteroatoms. The molecule has 2 N–H and O–H groups in total. The molecule has 0 atom stereocenters. The van der Waals surface area contributed by atoms with Crippen LogP contribution >= 0.6 is 0 Å². The van der Waals surface area contributed by atoms with E-state index in [1.165, 1.54) is 18.3 Å². The SMILES string of the molecule is O=C(Nc1ccc(OC(F)(F)F)cc1)Nc1cccnc1Oc1cccc(C2COC2)c1. The molecule has 2 amide bonds. The zero-order chi connectivity index (χ0) is 22.6. The Labute approximate surface area is 181 Å². The van der Waals surface area contributed by atoms with Crippen LogP contribution in [-0.2, 0) is 4.74 Å². The summed E-state index contributed by atoms with van der Waals surface area (Å²) in [5.74, 6) is 0.705. The third-order valence-electron chi connectivity index (χ3n) is 4.55. The summed E-state index contributed by atoms with van der Waals surface area (Å²) >= 11 is 0. The summed E-state index contributed by atoms with van der Waals surface area (Å²) in [5, 5.41) is 5.15. The number of carbonyl (C=O) groups is 1. The minimum Gasteiger partial charge on any atom is -0.437 e. The van der Waals surface area contributed by atoms with E-state index in [1.54, 1.807) is 18.2 Å². The highest BCUT2D eigenvalue weighted by Crippen LogP contribution is 2.31. The second-order valence-electron chi connectivity index (χ2n) is 6.92. The minimum atomic E-state index is -4.78. The highest BCUT2D eigenvalue weighted by atomic mass is 19.4. The molecule has 7 nitrogen and oxygen atoms in total. The van der Waals surface area contributed by atoms with Gasteiger partial charge in [-0.2, -0.15) is 0 Å². The molecule has 1 aromatic heterocycles. The summed E-state index contributed by atoms with van der Waals surface area (Å²) in [6.45, 7) is 1.34. The van der Waals surface area contributed by atoms with Crippen LogP contribution in [0.15, 0.2) is 66.9 Å². The van der Waals surface area contributed by atoms with E-state index in [-0.39, 0.29) is 17.3 Å². The number of hydrogen-bond acceptors (Lipinski definition) is 5. The Morgan fingerprint density at radius 3 is 2.47 bits per heavy atom. The summed E-state index contributed by atoms with van der Waals surface area (Å²) in [4.78, 5) is 16.5. The van der Waals surface area contributed by atoms with Crippen molar-refractivity contribution in [2.45, 2.75) is 12.3 Å². The number of anilines is 2. The first-order valence-electron chi connectivity index (χ1n) is 9.60. The fourth-order valence-electron chi connectivity index (χ4n) is 2.96. The third-order valence-corrected chi connectivity index (χ3v) is 4.55. The third kappa shape index (κ3) is 5.67. The van der Waals surface area contributed by atoms with Crippen LogP contribution in [0.1, 0.15) is 11.5 Å².